The average Bonchev–Trinajstić information content (AvgIpc) is 3.09. The van der Waals surface area contributed by atoms with E-state index < -0.39 is 5.97 Å². The topological polar surface area (TPSA) is 68.7 Å². The second-order valence-electron chi connectivity index (χ2n) is 5.11. The molecule has 0 bridgehead atoms. The summed E-state index contributed by atoms with van der Waals surface area (Å²) in [5.74, 6) is -0.739. The largest absolute Gasteiger partial charge is 0.507 e. The normalized spacial score (nSPS) is 10.5. The van der Waals surface area contributed by atoms with Crippen LogP contribution in [0.1, 0.15) is 16.1 Å². The van der Waals surface area contributed by atoms with Crippen LogP contribution >= 0.6 is 11.3 Å². The van der Waals surface area contributed by atoms with Gasteiger partial charge in [0.2, 0.25) is 0 Å². The molecule has 0 atom stereocenters. The Morgan fingerprint density at radius 2 is 2.00 bits per heavy atom. The SMILES string of the molecule is COc1ccc(C(=O)OCc2csc(-c3ccc(F)cc3)n2)c(O)c1. The number of hydrogen-bond donors (Lipinski definition) is 1. The lowest BCUT2D eigenvalue weighted by atomic mass is 10.2. The third-order valence-electron chi connectivity index (χ3n) is 3.42. The Balaban J connectivity index is 1.66. The summed E-state index contributed by atoms with van der Waals surface area (Å²) >= 11 is 1.37. The Morgan fingerprint density at radius 1 is 1.24 bits per heavy atom. The maximum atomic E-state index is 13.0. The first-order chi connectivity index (χ1) is 12.1. The van der Waals surface area contributed by atoms with Crippen molar-refractivity contribution in [2.45, 2.75) is 6.61 Å². The molecule has 0 saturated carbocycles. The zero-order chi connectivity index (χ0) is 17.8. The number of aromatic nitrogens is 1. The molecular weight excluding hydrogens is 345 g/mol. The van der Waals surface area contributed by atoms with Crippen LogP contribution in [0.25, 0.3) is 10.6 Å². The molecule has 25 heavy (non-hydrogen) atoms. The molecule has 0 unspecified atom stereocenters. The molecule has 7 heteroatoms. The van der Waals surface area contributed by atoms with E-state index in [0.717, 1.165) is 5.56 Å². The minimum Gasteiger partial charge on any atom is -0.507 e. The fourth-order valence-electron chi connectivity index (χ4n) is 2.13. The molecule has 0 spiro atoms. The van der Waals surface area contributed by atoms with Crippen LogP contribution in [0.3, 0.4) is 0 Å². The molecule has 0 aliphatic heterocycles. The van der Waals surface area contributed by atoms with Crippen molar-refractivity contribution >= 4 is 17.3 Å². The Morgan fingerprint density at radius 3 is 2.68 bits per heavy atom. The zero-order valence-corrected chi connectivity index (χ0v) is 14.0. The maximum Gasteiger partial charge on any atom is 0.342 e. The van der Waals surface area contributed by atoms with Crippen LogP contribution in [0, 0.1) is 5.82 Å². The van der Waals surface area contributed by atoms with E-state index >= 15 is 0 Å². The highest BCUT2D eigenvalue weighted by Gasteiger charge is 2.14. The van der Waals surface area contributed by atoms with Gasteiger partial charge in [0.1, 0.15) is 34.5 Å². The number of aromatic hydroxyl groups is 1. The van der Waals surface area contributed by atoms with E-state index in [1.165, 1.54) is 42.7 Å². The number of esters is 1. The number of ether oxygens (including phenoxy) is 2. The van der Waals surface area contributed by atoms with E-state index in [4.69, 9.17) is 9.47 Å². The molecule has 2 aromatic carbocycles. The Labute approximate surface area is 147 Å². The van der Waals surface area contributed by atoms with Crippen LogP contribution in [-0.4, -0.2) is 23.2 Å². The number of thiazole rings is 1. The van der Waals surface area contributed by atoms with Gasteiger partial charge in [-0.15, -0.1) is 11.3 Å². The third-order valence-corrected chi connectivity index (χ3v) is 4.36. The van der Waals surface area contributed by atoms with Crippen molar-refractivity contribution in [3.05, 3.63) is 64.9 Å². The van der Waals surface area contributed by atoms with Gasteiger partial charge < -0.3 is 14.6 Å². The van der Waals surface area contributed by atoms with Crippen LogP contribution in [0.15, 0.2) is 47.8 Å². The summed E-state index contributed by atoms with van der Waals surface area (Å²) in [4.78, 5) is 16.4. The third kappa shape index (κ3) is 3.95. The highest BCUT2D eigenvalue weighted by molar-refractivity contribution is 7.13. The highest BCUT2D eigenvalue weighted by Crippen LogP contribution is 2.26. The Hall–Kier alpha value is -2.93. The molecular formula is C18H14FNO4S. The van der Waals surface area contributed by atoms with Crippen molar-refractivity contribution in [2.24, 2.45) is 0 Å². The molecule has 0 aliphatic carbocycles. The van der Waals surface area contributed by atoms with Gasteiger partial charge in [0.15, 0.2) is 0 Å². The van der Waals surface area contributed by atoms with Gasteiger partial charge in [-0.3, -0.25) is 0 Å². The Kier molecular flexibility index (Phi) is 4.95. The predicted molar refractivity (Wildman–Crippen MR) is 91.3 cm³/mol. The fourth-order valence-corrected chi connectivity index (χ4v) is 2.94. The van der Waals surface area contributed by atoms with Crippen molar-refractivity contribution in [3.8, 4) is 22.1 Å². The molecule has 0 radical (unpaired) electrons. The molecule has 1 N–H and O–H groups in total. The number of hydrogen-bond acceptors (Lipinski definition) is 6. The molecule has 5 nitrogen and oxygen atoms in total. The van der Waals surface area contributed by atoms with Crippen LogP contribution in [0.2, 0.25) is 0 Å². The molecule has 3 aromatic rings. The van der Waals surface area contributed by atoms with Gasteiger partial charge in [-0.05, 0) is 36.4 Å². The number of halogens is 1. The number of phenolic OH excluding ortho intramolecular Hbond substituents is 1. The van der Waals surface area contributed by atoms with Gasteiger partial charge in [0.25, 0.3) is 0 Å². The van der Waals surface area contributed by atoms with Crippen molar-refractivity contribution in [1.29, 1.82) is 0 Å². The van der Waals surface area contributed by atoms with Crippen LogP contribution in [0.4, 0.5) is 4.39 Å². The van der Waals surface area contributed by atoms with E-state index in [0.29, 0.717) is 16.5 Å². The number of nitrogens with zero attached hydrogens (tertiary/aromatic N) is 1. The van der Waals surface area contributed by atoms with Crippen LogP contribution < -0.4 is 4.74 Å². The summed E-state index contributed by atoms with van der Waals surface area (Å²) in [6, 6.07) is 10.3. The van der Waals surface area contributed by atoms with Gasteiger partial charge in [0, 0.05) is 17.0 Å². The van der Waals surface area contributed by atoms with Crippen molar-refractivity contribution in [1.82, 2.24) is 4.98 Å². The second kappa shape index (κ2) is 7.31. The van der Waals surface area contributed by atoms with E-state index in [9.17, 15) is 14.3 Å². The summed E-state index contributed by atoms with van der Waals surface area (Å²) in [6.45, 7) is -0.0258. The van der Waals surface area contributed by atoms with Gasteiger partial charge >= 0.3 is 5.97 Å². The first-order valence-corrected chi connectivity index (χ1v) is 8.19. The molecule has 0 aliphatic rings. The van der Waals surface area contributed by atoms with Crippen LogP contribution in [-0.2, 0) is 11.3 Å². The summed E-state index contributed by atoms with van der Waals surface area (Å²) in [5.41, 5.74) is 1.41. The number of methoxy groups -OCH3 is 1. The maximum absolute atomic E-state index is 13.0. The van der Waals surface area contributed by atoms with Crippen molar-refractivity contribution in [3.63, 3.8) is 0 Å². The van der Waals surface area contributed by atoms with Crippen molar-refractivity contribution < 1.29 is 23.8 Å². The van der Waals surface area contributed by atoms with Gasteiger partial charge in [-0.1, -0.05) is 0 Å². The molecule has 0 fully saturated rings. The second-order valence-corrected chi connectivity index (χ2v) is 5.97. The number of benzene rings is 2. The molecule has 3 rings (SSSR count). The lowest BCUT2D eigenvalue weighted by Crippen LogP contribution is -2.06. The summed E-state index contributed by atoms with van der Waals surface area (Å²) < 4.78 is 23.1. The minimum atomic E-state index is -0.656. The molecule has 1 heterocycles. The quantitative estimate of drug-likeness (QED) is 0.697. The highest BCUT2D eigenvalue weighted by atomic mass is 32.1. The first kappa shape index (κ1) is 16.9. The molecule has 1 aromatic heterocycles. The average molecular weight is 359 g/mol. The molecule has 128 valence electrons. The monoisotopic (exact) mass is 359 g/mol. The summed E-state index contributed by atoms with van der Waals surface area (Å²) in [5, 5.41) is 12.3. The van der Waals surface area contributed by atoms with Crippen LogP contribution in [0.5, 0.6) is 11.5 Å². The van der Waals surface area contributed by atoms with E-state index in [1.54, 1.807) is 23.6 Å². The standard InChI is InChI=1S/C18H14FNO4S/c1-23-14-6-7-15(16(21)8-14)18(22)24-9-13-10-25-17(20-13)11-2-4-12(19)5-3-11/h2-8,10,21H,9H2,1H3. The lowest BCUT2D eigenvalue weighted by Gasteiger charge is -2.06. The minimum absolute atomic E-state index is 0.0258. The molecule has 0 amide bonds. The van der Waals surface area contributed by atoms with E-state index in [2.05, 4.69) is 4.98 Å². The predicted octanol–water partition coefficient (Wildman–Crippen LogP) is 4.02. The van der Waals surface area contributed by atoms with E-state index in [1.807, 2.05) is 0 Å². The van der Waals surface area contributed by atoms with Gasteiger partial charge in [-0.25, -0.2) is 14.2 Å². The summed E-state index contributed by atoms with van der Waals surface area (Å²) in [6.07, 6.45) is 0. The number of rotatable bonds is 5. The first-order valence-electron chi connectivity index (χ1n) is 7.31. The Bertz CT molecular complexity index is 892. The number of carbonyl (C=O) groups excluding carboxylic acids is 1. The number of carbonyl (C=O) groups is 1. The summed E-state index contributed by atoms with van der Waals surface area (Å²) in [7, 11) is 1.47. The zero-order valence-electron chi connectivity index (χ0n) is 13.2. The smallest absolute Gasteiger partial charge is 0.342 e. The van der Waals surface area contributed by atoms with Crippen molar-refractivity contribution in [2.75, 3.05) is 7.11 Å². The number of phenols is 1. The molecule has 0 saturated heterocycles. The van der Waals surface area contributed by atoms with E-state index in [-0.39, 0.29) is 23.7 Å². The van der Waals surface area contributed by atoms with Gasteiger partial charge in [0.05, 0.1) is 12.8 Å². The fraction of sp³-hybridized carbons (Fsp3) is 0.111. The van der Waals surface area contributed by atoms with Gasteiger partial charge in [-0.2, -0.15) is 0 Å². The lowest BCUT2D eigenvalue weighted by molar-refractivity contribution is 0.0465.